The Morgan fingerprint density at radius 3 is 2.11 bits per heavy atom. The van der Waals surface area contributed by atoms with E-state index in [0.717, 1.165) is 45.6 Å². The first-order valence-electron chi connectivity index (χ1n) is 7.12. The van der Waals surface area contributed by atoms with Crippen LogP contribution in [0.5, 0.6) is 0 Å². The molecule has 0 N–H and O–H groups in total. The molecule has 0 aliphatic heterocycles. The number of amides is 1. The molecule has 108 valence electrons. The number of hydrogen-bond donors (Lipinski definition) is 0. The van der Waals surface area contributed by atoms with Gasteiger partial charge < -0.3 is 14.7 Å². The van der Waals surface area contributed by atoms with E-state index in [1.165, 1.54) is 0 Å². The largest absolute Gasteiger partial charge is 0.346 e. The summed E-state index contributed by atoms with van der Waals surface area (Å²) in [7, 11) is 6.10. The van der Waals surface area contributed by atoms with Crippen LogP contribution >= 0.6 is 0 Å². The molecule has 0 fully saturated rings. The Labute approximate surface area is 113 Å². The van der Waals surface area contributed by atoms with Gasteiger partial charge in [0.2, 0.25) is 5.91 Å². The highest BCUT2D eigenvalue weighted by Crippen LogP contribution is 1.97. The van der Waals surface area contributed by atoms with Gasteiger partial charge in [-0.05, 0) is 46.6 Å². The summed E-state index contributed by atoms with van der Waals surface area (Å²) in [4.78, 5) is 18.2. The van der Waals surface area contributed by atoms with E-state index >= 15 is 0 Å². The first kappa shape index (κ1) is 17.4. The van der Waals surface area contributed by atoms with Crippen LogP contribution in [-0.4, -0.2) is 74.5 Å². The molecule has 0 aromatic heterocycles. The highest BCUT2D eigenvalue weighted by molar-refractivity contribution is 5.76. The summed E-state index contributed by atoms with van der Waals surface area (Å²) < 4.78 is 0. The molecule has 0 spiro atoms. The molecule has 4 nitrogen and oxygen atoms in total. The Kier molecular flexibility index (Phi) is 9.98. The fourth-order valence-electron chi connectivity index (χ4n) is 1.83. The molecular weight excluding hydrogens is 226 g/mol. The molecule has 18 heavy (non-hydrogen) atoms. The summed E-state index contributed by atoms with van der Waals surface area (Å²) in [5, 5.41) is 0. The summed E-state index contributed by atoms with van der Waals surface area (Å²) >= 11 is 0. The third kappa shape index (κ3) is 8.48. The lowest BCUT2D eigenvalue weighted by Crippen LogP contribution is -2.33. The first-order chi connectivity index (χ1) is 8.51. The lowest BCUT2D eigenvalue weighted by molar-refractivity contribution is -0.130. The van der Waals surface area contributed by atoms with E-state index in [1.807, 2.05) is 11.9 Å². The van der Waals surface area contributed by atoms with Gasteiger partial charge in [0.1, 0.15) is 0 Å². The quantitative estimate of drug-likeness (QED) is 0.594. The van der Waals surface area contributed by atoms with Crippen LogP contribution in [0.2, 0.25) is 0 Å². The van der Waals surface area contributed by atoms with E-state index in [4.69, 9.17) is 0 Å². The first-order valence-corrected chi connectivity index (χ1v) is 7.12. The van der Waals surface area contributed by atoms with Gasteiger partial charge in [0.15, 0.2) is 0 Å². The summed E-state index contributed by atoms with van der Waals surface area (Å²) in [6.07, 6.45) is 2.83. The fraction of sp³-hybridized carbons (Fsp3) is 0.929. The molecular formula is C14H31N3O. The maximum Gasteiger partial charge on any atom is 0.223 e. The maximum atomic E-state index is 11.9. The van der Waals surface area contributed by atoms with Gasteiger partial charge in [0, 0.05) is 26.6 Å². The number of hydrogen-bond acceptors (Lipinski definition) is 3. The standard InChI is InChI=1S/C14H31N3O/c1-6-10-16(4)13-9-14(18)17(5)12-8-11-15(3)7-2/h6-13H2,1-5H3. The molecule has 1 amide bonds. The van der Waals surface area contributed by atoms with Gasteiger partial charge in [-0.15, -0.1) is 0 Å². The van der Waals surface area contributed by atoms with Crippen LogP contribution in [-0.2, 0) is 4.79 Å². The highest BCUT2D eigenvalue weighted by atomic mass is 16.2. The SMILES string of the molecule is CCCN(C)CCC(=O)N(C)CCCN(C)CC. The zero-order chi connectivity index (χ0) is 14.0. The normalized spacial score (nSPS) is 11.3. The Balaban J connectivity index is 3.69. The molecule has 0 saturated heterocycles. The van der Waals surface area contributed by atoms with Crippen molar-refractivity contribution in [2.75, 3.05) is 53.9 Å². The van der Waals surface area contributed by atoms with Crippen molar-refractivity contribution in [3.63, 3.8) is 0 Å². The third-order valence-electron chi connectivity index (χ3n) is 3.31. The Morgan fingerprint density at radius 1 is 0.889 bits per heavy atom. The monoisotopic (exact) mass is 257 g/mol. The minimum atomic E-state index is 0.261. The molecule has 0 bridgehead atoms. The van der Waals surface area contributed by atoms with E-state index in [9.17, 15) is 4.79 Å². The number of carbonyl (C=O) groups excluding carboxylic acids is 1. The van der Waals surface area contributed by atoms with Gasteiger partial charge in [-0.1, -0.05) is 13.8 Å². The predicted octanol–water partition coefficient (Wildman–Crippen LogP) is 1.52. The molecule has 0 atom stereocenters. The Bertz CT molecular complexity index is 221. The molecule has 0 aliphatic rings. The summed E-state index contributed by atoms with van der Waals surface area (Å²) in [6, 6.07) is 0. The molecule has 0 rings (SSSR count). The summed E-state index contributed by atoms with van der Waals surface area (Å²) in [5.74, 6) is 0.261. The lowest BCUT2D eigenvalue weighted by atomic mass is 10.3. The number of rotatable bonds is 10. The number of carbonyl (C=O) groups is 1. The second-order valence-electron chi connectivity index (χ2n) is 5.12. The van der Waals surface area contributed by atoms with E-state index in [-0.39, 0.29) is 5.91 Å². The minimum Gasteiger partial charge on any atom is -0.346 e. The molecule has 0 saturated carbocycles. The third-order valence-corrected chi connectivity index (χ3v) is 3.31. The number of nitrogens with zero attached hydrogens (tertiary/aromatic N) is 3. The zero-order valence-corrected chi connectivity index (χ0v) is 12.9. The zero-order valence-electron chi connectivity index (χ0n) is 12.9. The van der Waals surface area contributed by atoms with Crippen LogP contribution in [0.3, 0.4) is 0 Å². The summed E-state index contributed by atoms with van der Waals surface area (Å²) in [5.41, 5.74) is 0. The van der Waals surface area contributed by atoms with Crippen molar-refractivity contribution in [3.8, 4) is 0 Å². The average Bonchev–Trinajstić information content (AvgIpc) is 2.35. The van der Waals surface area contributed by atoms with E-state index in [2.05, 4.69) is 37.7 Å². The molecule has 0 unspecified atom stereocenters. The van der Waals surface area contributed by atoms with Crippen LogP contribution in [0.15, 0.2) is 0 Å². The minimum absolute atomic E-state index is 0.261. The molecule has 0 aromatic rings. The smallest absolute Gasteiger partial charge is 0.223 e. The van der Waals surface area contributed by atoms with Crippen LogP contribution in [0.4, 0.5) is 0 Å². The molecule has 0 heterocycles. The van der Waals surface area contributed by atoms with Crippen molar-refractivity contribution >= 4 is 5.91 Å². The molecule has 4 heteroatoms. The van der Waals surface area contributed by atoms with E-state index < -0.39 is 0 Å². The lowest BCUT2D eigenvalue weighted by Gasteiger charge is -2.21. The van der Waals surface area contributed by atoms with Crippen molar-refractivity contribution < 1.29 is 4.79 Å². The maximum absolute atomic E-state index is 11.9. The van der Waals surface area contributed by atoms with Gasteiger partial charge in [-0.2, -0.15) is 0 Å². The van der Waals surface area contributed by atoms with Crippen LogP contribution in [0, 0.1) is 0 Å². The van der Waals surface area contributed by atoms with E-state index in [0.29, 0.717) is 6.42 Å². The van der Waals surface area contributed by atoms with E-state index in [1.54, 1.807) is 0 Å². The van der Waals surface area contributed by atoms with Gasteiger partial charge in [-0.3, -0.25) is 4.79 Å². The topological polar surface area (TPSA) is 26.8 Å². The second kappa shape index (κ2) is 10.3. The van der Waals surface area contributed by atoms with Crippen LogP contribution < -0.4 is 0 Å². The van der Waals surface area contributed by atoms with Crippen molar-refractivity contribution in [2.24, 2.45) is 0 Å². The van der Waals surface area contributed by atoms with Crippen molar-refractivity contribution in [1.29, 1.82) is 0 Å². The van der Waals surface area contributed by atoms with Crippen LogP contribution in [0.1, 0.15) is 33.1 Å². The van der Waals surface area contributed by atoms with Gasteiger partial charge in [-0.25, -0.2) is 0 Å². The average molecular weight is 257 g/mol. The van der Waals surface area contributed by atoms with Crippen molar-refractivity contribution in [2.45, 2.75) is 33.1 Å². The van der Waals surface area contributed by atoms with Crippen molar-refractivity contribution in [3.05, 3.63) is 0 Å². The molecule has 0 aliphatic carbocycles. The van der Waals surface area contributed by atoms with Gasteiger partial charge in [0.05, 0.1) is 0 Å². The molecule has 0 radical (unpaired) electrons. The Hall–Kier alpha value is -0.610. The predicted molar refractivity (Wildman–Crippen MR) is 77.8 cm³/mol. The van der Waals surface area contributed by atoms with Gasteiger partial charge >= 0.3 is 0 Å². The second-order valence-corrected chi connectivity index (χ2v) is 5.12. The van der Waals surface area contributed by atoms with Gasteiger partial charge in [0.25, 0.3) is 0 Å². The van der Waals surface area contributed by atoms with Crippen LogP contribution in [0.25, 0.3) is 0 Å². The molecule has 0 aromatic carbocycles. The fourth-order valence-corrected chi connectivity index (χ4v) is 1.83. The van der Waals surface area contributed by atoms with Crippen molar-refractivity contribution in [1.82, 2.24) is 14.7 Å². The Morgan fingerprint density at radius 2 is 1.56 bits per heavy atom. The highest BCUT2D eigenvalue weighted by Gasteiger charge is 2.09. The summed E-state index contributed by atoms with van der Waals surface area (Å²) in [6.45, 7) is 9.24.